The molecule has 2 N–H and O–H groups in total. The molecule has 8 nitrogen and oxygen atoms in total. The zero-order valence-corrected chi connectivity index (χ0v) is 17.9. The van der Waals surface area contributed by atoms with Gasteiger partial charge in [0, 0.05) is 25.2 Å². The average Bonchev–Trinajstić information content (AvgIpc) is 2.78. The van der Waals surface area contributed by atoms with Crippen LogP contribution in [0.5, 0.6) is 11.5 Å². The Morgan fingerprint density at radius 2 is 1.93 bits per heavy atom. The summed E-state index contributed by atoms with van der Waals surface area (Å²) >= 11 is 0. The molecule has 0 aromatic heterocycles. The van der Waals surface area contributed by atoms with Gasteiger partial charge in [0.1, 0.15) is 0 Å². The topological polar surface area (TPSA) is 105 Å². The van der Waals surface area contributed by atoms with Gasteiger partial charge < -0.3 is 19.9 Å². The molecule has 1 amide bonds. The van der Waals surface area contributed by atoms with Crippen molar-refractivity contribution in [1.82, 2.24) is 9.62 Å². The molecular weight excluding hydrogens is 408 g/mol. The predicted octanol–water partition coefficient (Wildman–Crippen LogP) is 1.91. The van der Waals surface area contributed by atoms with Crippen molar-refractivity contribution < 1.29 is 27.8 Å². The second-order valence-corrected chi connectivity index (χ2v) is 8.79. The maximum Gasteiger partial charge on any atom is 0.251 e. The molecule has 0 saturated carbocycles. The molecule has 162 valence electrons. The number of methoxy groups -OCH3 is 1. The zero-order valence-electron chi connectivity index (χ0n) is 17.1. The summed E-state index contributed by atoms with van der Waals surface area (Å²) in [6.07, 6.45) is 0.536. The smallest absolute Gasteiger partial charge is 0.251 e. The number of aromatic hydroxyl groups is 1. The first kappa shape index (κ1) is 22.1. The lowest BCUT2D eigenvalue weighted by Gasteiger charge is -2.27. The van der Waals surface area contributed by atoms with Crippen molar-refractivity contribution >= 4 is 15.9 Å². The summed E-state index contributed by atoms with van der Waals surface area (Å²) in [5.74, 6) is -0.0586. The van der Waals surface area contributed by atoms with Crippen molar-refractivity contribution in [2.75, 3.05) is 33.4 Å². The van der Waals surface area contributed by atoms with Crippen LogP contribution in [0.4, 0.5) is 0 Å². The lowest BCUT2D eigenvalue weighted by molar-refractivity contribution is 0.0730. The second-order valence-electron chi connectivity index (χ2n) is 6.88. The van der Waals surface area contributed by atoms with Gasteiger partial charge in [-0.15, -0.1) is 0 Å². The Morgan fingerprint density at radius 3 is 2.60 bits per heavy atom. The highest BCUT2D eigenvalue weighted by atomic mass is 32.2. The molecule has 2 aromatic carbocycles. The summed E-state index contributed by atoms with van der Waals surface area (Å²) in [6.45, 7) is 3.39. The molecule has 0 aliphatic carbocycles. The van der Waals surface area contributed by atoms with Crippen molar-refractivity contribution in [1.29, 1.82) is 0 Å². The number of ether oxygens (including phenoxy) is 2. The number of carbonyl (C=O) groups excluding carboxylic acids is 1. The fourth-order valence-electron chi connectivity index (χ4n) is 3.27. The number of aryl methyl sites for hydroxylation is 1. The number of nitrogens with one attached hydrogen (secondary N) is 1. The number of phenolic OH excluding ortho intramolecular Hbond substituents is 1. The number of sulfonamides is 1. The zero-order chi connectivity index (χ0) is 21.7. The van der Waals surface area contributed by atoms with E-state index in [1.165, 1.54) is 23.5 Å². The Kier molecular flexibility index (Phi) is 6.96. The SMILES string of the molecule is CCc1ccc(C(=O)NCc2ccc(O)c(OC)c2)cc1S(=O)(=O)N1CCOCC1. The van der Waals surface area contributed by atoms with E-state index in [1.54, 1.807) is 24.3 Å². The van der Waals surface area contributed by atoms with E-state index in [4.69, 9.17) is 9.47 Å². The fourth-order valence-corrected chi connectivity index (χ4v) is 5.00. The van der Waals surface area contributed by atoms with E-state index in [0.717, 1.165) is 5.56 Å². The Labute approximate surface area is 176 Å². The molecule has 30 heavy (non-hydrogen) atoms. The lowest BCUT2D eigenvalue weighted by atomic mass is 10.1. The third-order valence-electron chi connectivity index (χ3n) is 5.00. The molecule has 1 heterocycles. The van der Waals surface area contributed by atoms with Gasteiger partial charge in [0.05, 0.1) is 25.2 Å². The highest BCUT2D eigenvalue weighted by molar-refractivity contribution is 7.89. The molecule has 0 atom stereocenters. The van der Waals surface area contributed by atoms with E-state index < -0.39 is 10.0 Å². The van der Waals surface area contributed by atoms with Gasteiger partial charge in [0.25, 0.3) is 5.91 Å². The van der Waals surface area contributed by atoms with Crippen LogP contribution in [0, 0.1) is 0 Å². The van der Waals surface area contributed by atoms with Crippen LogP contribution in [0.3, 0.4) is 0 Å². The van der Waals surface area contributed by atoms with Gasteiger partial charge in [-0.2, -0.15) is 4.31 Å². The van der Waals surface area contributed by atoms with Gasteiger partial charge in [-0.05, 0) is 41.8 Å². The van der Waals surface area contributed by atoms with Crippen molar-refractivity contribution in [3.05, 3.63) is 53.1 Å². The molecule has 0 spiro atoms. The summed E-state index contributed by atoms with van der Waals surface area (Å²) in [6, 6.07) is 9.55. The molecule has 1 saturated heterocycles. The monoisotopic (exact) mass is 434 g/mol. The van der Waals surface area contributed by atoms with Crippen LogP contribution in [0.1, 0.15) is 28.4 Å². The van der Waals surface area contributed by atoms with Gasteiger partial charge >= 0.3 is 0 Å². The first-order valence-electron chi connectivity index (χ1n) is 9.71. The number of nitrogens with zero attached hydrogens (tertiary/aromatic N) is 1. The van der Waals surface area contributed by atoms with E-state index in [0.29, 0.717) is 44.0 Å². The number of hydrogen-bond donors (Lipinski definition) is 2. The second kappa shape index (κ2) is 9.46. The minimum Gasteiger partial charge on any atom is -0.504 e. The third-order valence-corrected chi connectivity index (χ3v) is 6.98. The number of carbonyl (C=O) groups is 1. The molecule has 9 heteroatoms. The molecule has 0 bridgehead atoms. The molecule has 0 unspecified atom stereocenters. The third kappa shape index (κ3) is 4.75. The van der Waals surface area contributed by atoms with Gasteiger partial charge in [0.2, 0.25) is 10.0 Å². The molecule has 2 aromatic rings. The Bertz CT molecular complexity index is 1020. The largest absolute Gasteiger partial charge is 0.504 e. The number of amides is 1. The van der Waals surface area contributed by atoms with Gasteiger partial charge in [0.15, 0.2) is 11.5 Å². The predicted molar refractivity (Wildman–Crippen MR) is 111 cm³/mol. The van der Waals surface area contributed by atoms with Crippen LogP contribution < -0.4 is 10.1 Å². The van der Waals surface area contributed by atoms with E-state index in [9.17, 15) is 18.3 Å². The standard InChI is InChI=1S/C21H26N2O6S/c1-3-16-5-6-17(13-20(16)30(26,27)23-8-10-29-11-9-23)21(25)22-14-15-4-7-18(24)19(12-15)28-2/h4-7,12-13,24H,3,8-11,14H2,1-2H3,(H,22,25). The lowest BCUT2D eigenvalue weighted by Crippen LogP contribution is -2.41. The quantitative estimate of drug-likeness (QED) is 0.690. The number of benzene rings is 2. The summed E-state index contributed by atoms with van der Waals surface area (Å²) in [7, 11) is -2.27. The molecule has 0 radical (unpaired) electrons. The van der Waals surface area contributed by atoms with Crippen LogP contribution in [0.25, 0.3) is 0 Å². The van der Waals surface area contributed by atoms with Crippen molar-refractivity contribution in [2.24, 2.45) is 0 Å². The first-order chi connectivity index (χ1) is 14.4. The molecule has 1 fully saturated rings. The summed E-state index contributed by atoms with van der Waals surface area (Å²) in [4.78, 5) is 12.8. The minimum atomic E-state index is -3.71. The van der Waals surface area contributed by atoms with Crippen LogP contribution in [-0.2, 0) is 27.7 Å². The van der Waals surface area contributed by atoms with Gasteiger partial charge in [-0.1, -0.05) is 19.1 Å². The van der Waals surface area contributed by atoms with Crippen LogP contribution >= 0.6 is 0 Å². The number of phenols is 1. The first-order valence-corrected chi connectivity index (χ1v) is 11.2. The summed E-state index contributed by atoms with van der Waals surface area (Å²) < 4.78 is 38.0. The van der Waals surface area contributed by atoms with Gasteiger partial charge in [-0.3, -0.25) is 4.79 Å². The Hall–Kier alpha value is -2.62. The number of morpholine rings is 1. The fraction of sp³-hybridized carbons (Fsp3) is 0.381. The van der Waals surface area contributed by atoms with Gasteiger partial charge in [-0.25, -0.2) is 8.42 Å². The van der Waals surface area contributed by atoms with E-state index in [2.05, 4.69) is 5.32 Å². The van der Waals surface area contributed by atoms with E-state index >= 15 is 0 Å². The summed E-state index contributed by atoms with van der Waals surface area (Å²) in [5.41, 5.74) is 1.68. The van der Waals surface area contributed by atoms with E-state index in [1.807, 2.05) is 6.92 Å². The molecule has 3 rings (SSSR count). The molecule has 1 aliphatic heterocycles. The number of rotatable bonds is 7. The van der Waals surface area contributed by atoms with Crippen LogP contribution in [0.2, 0.25) is 0 Å². The Balaban J connectivity index is 1.81. The van der Waals surface area contributed by atoms with Crippen molar-refractivity contribution in [3.63, 3.8) is 0 Å². The maximum atomic E-state index is 13.1. The summed E-state index contributed by atoms with van der Waals surface area (Å²) in [5, 5.41) is 12.5. The average molecular weight is 435 g/mol. The Morgan fingerprint density at radius 1 is 1.20 bits per heavy atom. The highest BCUT2D eigenvalue weighted by Crippen LogP contribution is 2.26. The van der Waals surface area contributed by atoms with Crippen molar-refractivity contribution in [2.45, 2.75) is 24.8 Å². The molecular formula is C21H26N2O6S. The minimum absolute atomic E-state index is 0.0145. The van der Waals surface area contributed by atoms with E-state index in [-0.39, 0.29) is 28.7 Å². The van der Waals surface area contributed by atoms with Crippen LogP contribution in [-0.4, -0.2) is 57.1 Å². The maximum absolute atomic E-state index is 13.1. The normalized spacial score (nSPS) is 15.0. The highest BCUT2D eigenvalue weighted by Gasteiger charge is 2.29. The number of hydrogen-bond acceptors (Lipinski definition) is 6. The van der Waals surface area contributed by atoms with Crippen molar-refractivity contribution in [3.8, 4) is 11.5 Å². The molecule has 1 aliphatic rings. The van der Waals surface area contributed by atoms with Crippen LogP contribution in [0.15, 0.2) is 41.3 Å².